The zero-order valence-corrected chi connectivity index (χ0v) is 21.1. The third kappa shape index (κ3) is 5.71. The number of halogens is 1. The first-order valence-corrected chi connectivity index (χ1v) is 11.7. The van der Waals surface area contributed by atoms with Gasteiger partial charge in [0.15, 0.2) is 5.11 Å². The number of carbonyl (C=O) groups excluding carboxylic acids is 2. The van der Waals surface area contributed by atoms with E-state index in [4.69, 9.17) is 17.0 Å². The number of ether oxygens (including phenoxy) is 1. The van der Waals surface area contributed by atoms with Crippen LogP contribution in [0.15, 0.2) is 76.8 Å². The molecule has 0 aromatic heterocycles. The molecular formula is C25H16BrN3O7S. The number of aromatic carboxylic acids is 1. The van der Waals surface area contributed by atoms with Crippen LogP contribution in [0.25, 0.3) is 6.08 Å². The lowest BCUT2D eigenvalue weighted by Crippen LogP contribution is -2.54. The first-order chi connectivity index (χ1) is 17.6. The van der Waals surface area contributed by atoms with E-state index in [9.17, 15) is 29.6 Å². The van der Waals surface area contributed by atoms with Gasteiger partial charge in [-0.15, -0.1) is 0 Å². The number of amides is 2. The van der Waals surface area contributed by atoms with Crippen LogP contribution in [0.3, 0.4) is 0 Å². The Balaban J connectivity index is 1.56. The lowest BCUT2D eigenvalue weighted by Gasteiger charge is -2.29. The number of hydrogen-bond acceptors (Lipinski definition) is 7. The van der Waals surface area contributed by atoms with Gasteiger partial charge in [-0.3, -0.25) is 29.9 Å². The number of anilines is 1. The SMILES string of the molecule is O=C1NC(=S)N(c2cccc(C(=O)O)c2)C(=O)C1=Cc1ccc(OCc2cccc([N+](=O)[O-])c2)c(Br)c1. The van der Waals surface area contributed by atoms with E-state index in [2.05, 4.69) is 21.2 Å². The molecular weight excluding hydrogens is 566 g/mol. The molecule has 0 spiro atoms. The highest BCUT2D eigenvalue weighted by atomic mass is 79.9. The molecule has 2 amide bonds. The quantitative estimate of drug-likeness (QED) is 0.137. The largest absolute Gasteiger partial charge is 0.488 e. The third-order valence-electron chi connectivity index (χ3n) is 5.24. The fraction of sp³-hybridized carbons (Fsp3) is 0.0400. The predicted molar refractivity (Wildman–Crippen MR) is 141 cm³/mol. The van der Waals surface area contributed by atoms with E-state index in [1.54, 1.807) is 30.3 Å². The first-order valence-electron chi connectivity index (χ1n) is 10.5. The topological polar surface area (TPSA) is 139 Å². The Bertz CT molecular complexity index is 1510. The van der Waals surface area contributed by atoms with Crippen LogP contribution < -0.4 is 15.0 Å². The number of nitrogens with zero attached hydrogens (tertiary/aromatic N) is 2. The molecule has 1 fully saturated rings. The van der Waals surface area contributed by atoms with Crippen molar-refractivity contribution in [2.45, 2.75) is 6.61 Å². The number of benzene rings is 3. The number of nitrogens with one attached hydrogen (secondary N) is 1. The van der Waals surface area contributed by atoms with Crippen LogP contribution in [0.4, 0.5) is 11.4 Å². The van der Waals surface area contributed by atoms with Gasteiger partial charge >= 0.3 is 5.97 Å². The maximum absolute atomic E-state index is 13.2. The number of thiocarbonyl (C=S) groups is 1. The van der Waals surface area contributed by atoms with Gasteiger partial charge in [0.25, 0.3) is 17.5 Å². The Morgan fingerprint density at radius 1 is 1.14 bits per heavy atom. The van der Waals surface area contributed by atoms with E-state index in [0.29, 0.717) is 21.3 Å². The van der Waals surface area contributed by atoms with Gasteiger partial charge in [0.2, 0.25) is 0 Å². The van der Waals surface area contributed by atoms with Crippen molar-refractivity contribution >= 4 is 68.5 Å². The molecule has 3 aromatic rings. The van der Waals surface area contributed by atoms with Gasteiger partial charge in [-0.2, -0.15) is 0 Å². The molecule has 37 heavy (non-hydrogen) atoms. The summed E-state index contributed by atoms with van der Waals surface area (Å²) in [5.41, 5.74) is 1.03. The summed E-state index contributed by atoms with van der Waals surface area (Å²) in [6, 6.07) is 16.6. The lowest BCUT2D eigenvalue weighted by atomic mass is 10.1. The summed E-state index contributed by atoms with van der Waals surface area (Å²) in [6.07, 6.45) is 1.38. The molecule has 0 saturated carbocycles. The van der Waals surface area contributed by atoms with Crippen molar-refractivity contribution in [1.29, 1.82) is 0 Å². The fourth-order valence-electron chi connectivity index (χ4n) is 3.48. The number of rotatable bonds is 7. The molecule has 1 aliphatic heterocycles. The molecule has 186 valence electrons. The molecule has 12 heteroatoms. The van der Waals surface area contributed by atoms with Crippen molar-refractivity contribution in [2.75, 3.05) is 4.90 Å². The normalized spacial score (nSPS) is 14.5. The maximum Gasteiger partial charge on any atom is 0.335 e. The van der Waals surface area contributed by atoms with Crippen molar-refractivity contribution in [3.05, 3.63) is 104 Å². The molecule has 10 nitrogen and oxygen atoms in total. The number of nitro groups is 1. The summed E-state index contributed by atoms with van der Waals surface area (Å²) in [6.45, 7) is 0.0867. The van der Waals surface area contributed by atoms with E-state index in [1.165, 1.54) is 42.5 Å². The standard InChI is InChI=1S/C25H16BrN3O7S/c26-20-11-14(7-8-21(20)36-13-15-3-1-6-18(9-15)29(34)35)10-19-22(30)27-25(37)28(23(19)31)17-5-2-4-16(12-17)24(32)33/h1-12H,13H2,(H,32,33)(H,27,30,37). The van der Waals surface area contributed by atoms with Gasteiger partial charge in [-0.1, -0.05) is 24.3 Å². The lowest BCUT2D eigenvalue weighted by molar-refractivity contribution is -0.384. The second-order valence-corrected chi connectivity index (χ2v) is 8.96. The van der Waals surface area contributed by atoms with Crippen LogP contribution in [0.1, 0.15) is 21.5 Å². The van der Waals surface area contributed by atoms with Gasteiger partial charge in [0.1, 0.15) is 17.9 Å². The number of non-ortho nitro benzene ring substituents is 1. The average molecular weight is 582 g/mol. The predicted octanol–water partition coefficient (Wildman–Crippen LogP) is 4.47. The van der Waals surface area contributed by atoms with Crippen molar-refractivity contribution in [1.82, 2.24) is 5.32 Å². The Labute approximate surface area is 223 Å². The minimum absolute atomic E-state index is 0.0409. The van der Waals surface area contributed by atoms with Gasteiger partial charge in [-0.25, -0.2) is 4.79 Å². The Kier molecular flexibility index (Phi) is 7.41. The highest BCUT2D eigenvalue weighted by molar-refractivity contribution is 9.10. The molecule has 0 atom stereocenters. The zero-order chi connectivity index (χ0) is 26.7. The second-order valence-electron chi connectivity index (χ2n) is 7.72. The van der Waals surface area contributed by atoms with Crippen LogP contribution in [-0.4, -0.2) is 32.9 Å². The minimum atomic E-state index is -1.17. The van der Waals surface area contributed by atoms with E-state index in [1.807, 2.05) is 0 Å². The summed E-state index contributed by atoms with van der Waals surface area (Å²) in [5, 5.41) is 22.5. The Morgan fingerprint density at radius 3 is 2.59 bits per heavy atom. The van der Waals surface area contributed by atoms with Crippen LogP contribution >= 0.6 is 28.1 Å². The highest BCUT2D eigenvalue weighted by Gasteiger charge is 2.34. The molecule has 0 aliphatic carbocycles. The van der Waals surface area contributed by atoms with Crippen LogP contribution in [0.5, 0.6) is 5.75 Å². The van der Waals surface area contributed by atoms with Crippen LogP contribution in [0.2, 0.25) is 0 Å². The number of carboxylic acid groups (broad SMARTS) is 1. The van der Waals surface area contributed by atoms with E-state index < -0.39 is 22.7 Å². The maximum atomic E-state index is 13.2. The average Bonchev–Trinajstić information content (AvgIpc) is 2.86. The van der Waals surface area contributed by atoms with Gasteiger partial charge in [0, 0.05) is 12.1 Å². The first kappa shape index (κ1) is 25.7. The molecule has 3 aromatic carbocycles. The molecule has 0 radical (unpaired) electrons. The monoisotopic (exact) mass is 581 g/mol. The summed E-state index contributed by atoms with van der Waals surface area (Å²) < 4.78 is 6.28. The summed E-state index contributed by atoms with van der Waals surface area (Å²) >= 11 is 8.55. The van der Waals surface area contributed by atoms with Gasteiger partial charge in [-0.05, 0) is 75.7 Å². The summed E-state index contributed by atoms with van der Waals surface area (Å²) in [4.78, 5) is 48.6. The van der Waals surface area contributed by atoms with Crippen molar-refractivity contribution in [2.24, 2.45) is 0 Å². The van der Waals surface area contributed by atoms with Gasteiger partial charge < -0.3 is 9.84 Å². The number of hydrogen-bond donors (Lipinski definition) is 2. The van der Waals surface area contributed by atoms with Gasteiger partial charge in [0.05, 0.1) is 20.6 Å². The Morgan fingerprint density at radius 2 is 1.89 bits per heavy atom. The minimum Gasteiger partial charge on any atom is -0.488 e. The summed E-state index contributed by atoms with van der Waals surface area (Å²) in [5.74, 6) is -2.13. The van der Waals surface area contributed by atoms with Crippen LogP contribution in [0, 0.1) is 10.1 Å². The van der Waals surface area contributed by atoms with Crippen LogP contribution in [-0.2, 0) is 16.2 Å². The highest BCUT2D eigenvalue weighted by Crippen LogP contribution is 2.29. The fourth-order valence-corrected chi connectivity index (χ4v) is 4.27. The zero-order valence-electron chi connectivity index (χ0n) is 18.7. The number of carbonyl (C=O) groups is 3. The molecule has 4 rings (SSSR count). The van der Waals surface area contributed by atoms with Crippen molar-refractivity contribution in [3.63, 3.8) is 0 Å². The molecule has 1 heterocycles. The van der Waals surface area contributed by atoms with Crippen molar-refractivity contribution < 1.29 is 29.2 Å². The smallest absolute Gasteiger partial charge is 0.335 e. The third-order valence-corrected chi connectivity index (χ3v) is 6.14. The summed E-state index contributed by atoms with van der Waals surface area (Å²) in [7, 11) is 0. The second kappa shape index (κ2) is 10.7. The number of carboxylic acids is 1. The van der Waals surface area contributed by atoms with E-state index in [0.717, 1.165) is 4.90 Å². The number of nitro benzene ring substituents is 1. The molecule has 1 saturated heterocycles. The van der Waals surface area contributed by atoms with E-state index in [-0.39, 0.29) is 34.2 Å². The van der Waals surface area contributed by atoms with E-state index >= 15 is 0 Å². The molecule has 0 bridgehead atoms. The molecule has 1 aliphatic rings. The molecule has 0 unspecified atom stereocenters. The Hall–Kier alpha value is -4.42. The molecule has 2 N–H and O–H groups in total. The van der Waals surface area contributed by atoms with Crippen molar-refractivity contribution in [3.8, 4) is 5.75 Å².